The van der Waals surface area contributed by atoms with E-state index in [0.717, 1.165) is 52.9 Å². The Hall–Kier alpha value is -6.88. The molecular formula is C55H52F3N5O4S. The standard InChI is InChI=1S/C30H31N3O2.C25H21F3N2O2S/c1-20-25(15-28(35-20)30(2,3)4)29(34)32-13-12-23(18-32)26-19-33(27-11-6-5-10-24(26)27)17-22-9-7-8-21(14-22)16-31;26-19-9-10-25(23(28)13-19)33(31,32)30-12-11-17(15-30)21-16-29(24-8-4-2-6-20(21)24)14-18-5-1-3-7-22(18)27/h5-11,14-15,19,23H,12-13,17-18H2,1-4H3;1-10,13,16-17H,11-12,14-15H2. The molecule has 0 N–H and O–H groups in total. The van der Waals surface area contributed by atoms with Crippen molar-refractivity contribution in [1.29, 1.82) is 5.26 Å². The summed E-state index contributed by atoms with van der Waals surface area (Å²) in [4.78, 5) is 14.8. The number of furan rings is 1. The van der Waals surface area contributed by atoms with Crippen LogP contribution in [0.15, 0.2) is 143 Å². The number of sulfonamides is 1. The predicted molar refractivity (Wildman–Crippen MR) is 258 cm³/mol. The van der Waals surface area contributed by atoms with Crippen molar-refractivity contribution < 1.29 is 30.8 Å². The fourth-order valence-corrected chi connectivity index (χ4v) is 11.2. The van der Waals surface area contributed by atoms with E-state index in [1.54, 1.807) is 18.2 Å². The molecule has 10 rings (SSSR count). The molecule has 8 aromatic rings. The molecule has 1 amide bonds. The molecule has 2 fully saturated rings. The van der Waals surface area contributed by atoms with Gasteiger partial charge in [0, 0.05) is 95.8 Å². The SMILES string of the molecule is Cc1oc(C(C)(C)C)cc1C(=O)N1CCC(c2cn(Cc3cccc(C#N)c3)c3ccccc23)C1.O=S(=O)(c1ccc(F)cc1F)N1CCC(c2cn(Cc3ccccc3F)c3ccccc23)C1. The first kappa shape index (κ1) is 46.2. The molecule has 348 valence electrons. The van der Waals surface area contributed by atoms with Crippen LogP contribution in [0.5, 0.6) is 0 Å². The molecule has 0 radical (unpaired) electrons. The molecule has 2 atom stereocenters. The number of amides is 1. The van der Waals surface area contributed by atoms with Gasteiger partial charge in [-0.05, 0) is 85.0 Å². The van der Waals surface area contributed by atoms with Crippen LogP contribution >= 0.6 is 0 Å². The molecular weight excluding hydrogens is 884 g/mol. The average molecular weight is 936 g/mol. The van der Waals surface area contributed by atoms with Gasteiger partial charge >= 0.3 is 0 Å². The van der Waals surface area contributed by atoms with Gasteiger partial charge in [0.1, 0.15) is 33.9 Å². The van der Waals surface area contributed by atoms with Crippen molar-refractivity contribution in [3.8, 4) is 6.07 Å². The molecule has 5 heterocycles. The van der Waals surface area contributed by atoms with Crippen LogP contribution in [0.2, 0.25) is 0 Å². The van der Waals surface area contributed by atoms with E-state index >= 15 is 0 Å². The van der Waals surface area contributed by atoms with Crippen molar-refractivity contribution in [2.45, 2.75) is 75.8 Å². The van der Waals surface area contributed by atoms with E-state index in [1.807, 2.05) is 71.1 Å². The van der Waals surface area contributed by atoms with Crippen LogP contribution in [0, 0.1) is 35.7 Å². The minimum atomic E-state index is -4.09. The third-order valence-electron chi connectivity index (χ3n) is 13.3. The first-order chi connectivity index (χ1) is 32.6. The Morgan fingerprint density at radius 3 is 2.01 bits per heavy atom. The molecule has 0 saturated carbocycles. The highest BCUT2D eigenvalue weighted by Gasteiger charge is 2.36. The molecule has 5 aromatic carbocycles. The maximum absolute atomic E-state index is 14.2. The first-order valence-corrected chi connectivity index (χ1v) is 24.3. The van der Waals surface area contributed by atoms with Gasteiger partial charge in [-0.2, -0.15) is 9.57 Å². The number of fused-ring (bicyclic) bond motifs is 2. The Morgan fingerprint density at radius 2 is 1.37 bits per heavy atom. The Labute approximate surface area is 394 Å². The monoisotopic (exact) mass is 935 g/mol. The summed E-state index contributed by atoms with van der Waals surface area (Å²) in [7, 11) is -4.09. The zero-order valence-corrected chi connectivity index (χ0v) is 39.2. The van der Waals surface area contributed by atoms with Crippen LogP contribution in [0.3, 0.4) is 0 Å². The third kappa shape index (κ3) is 9.23. The summed E-state index contributed by atoms with van der Waals surface area (Å²) in [6.07, 6.45) is 5.70. The molecule has 2 unspecified atom stereocenters. The van der Waals surface area contributed by atoms with Crippen LogP contribution in [-0.4, -0.2) is 58.8 Å². The van der Waals surface area contributed by atoms with E-state index < -0.39 is 26.6 Å². The summed E-state index contributed by atoms with van der Waals surface area (Å²) < 4.78 is 79.1. The molecule has 3 aromatic heterocycles. The lowest BCUT2D eigenvalue weighted by Gasteiger charge is -2.17. The van der Waals surface area contributed by atoms with E-state index in [4.69, 9.17) is 4.42 Å². The number of hydrogen-bond donors (Lipinski definition) is 0. The summed E-state index contributed by atoms with van der Waals surface area (Å²) in [5.74, 6) is -0.428. The average Bonchev–Trinajstić information content (AvgIpc) is 4.18. The maximum atomic E-state index is 14.2. The number of benzene rings is 5. The molecule has 2 aliphatic rings. The molecule has 0 aliphatic carbocycles. The Bertz CT molecular complexity index is 3340. The number of halogens is 3. The number of carbonyl (C=O) groups excluding carboxylic acids is 1. The zero-order valence-electron chi connectivity index (χ0n) is 38.4. The van der Waals surface area contributed by atoms with Gasteiger partial charge in [0.05, 0.1) is 23.7 Å². The highest BCUT2D eigenvalue weighted by molar-refractivity contribution is 7.89. The Kier molecular flexibility index (Phi) is 12.7. The molecule has 13 heteroatoms. The van der Waals surface area contributed by atoms with Crippen molar-refractivity contribution in [3.05, 3.63) is 196 Å². The molecule has 0 spiro atoms. The van der Waals surface area contributed by atoms with Gasteiger partial charge in [-0.25, -0.2) is 21.6 Å². The highest BCUT2D eigenvalue weighted by atomic mass is 32.2. The number of nitriles is 1. The van der Waals surface area contributed by atoms with Gasteiger partial charge < -0.3 is 18.5 Å². The topological polar surface area (TPSA) is 104 Å². The number of para-hydroxylation sites is 2. The smallest absolute Gasteiger partial charge is 0.257 e. The third-order valence-corrected chi connectivity index (χ3v) is 15.1. The molecule has 9 nitrogen and oxygen atoms in total. The second-order valence-corrected chi connectivity index (χ2v) is 20.8. The van der Waals surface area contributed by atoms with Crippen molar-refractivity contribution in [3.63, 3.8) is 0 Å². The van der Waals surface area contributed by atoms with Crippen LogP contribution in [0.1, 0.15) is 95.1 Å². The summed E-state index contributed by atoms with van der Waals surface area (Å²) in [5.41, 5.74) is 7.24. The normalized spacial score (nSPS) is 16.6. The van der Waals surface area contributed by atoms with Crippen molar-refractivity contribution >= 4 is 37.7 Å². The van der Waals surface area contributed by atoms with E-state index in [0.29, 0.717) is 54.6 Å². The van der Waals surface area contributed by atoms with Crippen LogP contribution in [0.25, 0.3) is 21.8 Å². The largest absolute Gasteiger partial charge is 0.465 e. The molecule has 2 aliphatic heterocycles. The first-order valence-electron chi connectivity index (χ1n) is 22.8. The van der Waals surface area contributed by atoms with Crippen molar-refractivity contribution in [1.82, 2.24) is 18.3 Å². The van der Waals surface area contributed by atoms with Gasteiger partial charge in [0.25, 0.3) is 5.91 Å². The predicted octanol–water partition coefficient (Wildman–Crippen LogP) is 11.7. The minimum absolute atomic E-state index is 0.0568. The number of aryl methyl sites for hydroxylation is 1. The second-order valence-electron chi connectivity index (χ2n) is 18.9. The Morgan fingerprint density at radius 1 is 0.735 bits per heavy atom. The van der Waals surface area contributed by atoms with E-state index in [9.17, 15) is 31.6 Å². The lowest BCUT2D eigenvalue weighted by molar-refractivity contribution is 0.0789. The van der Waals surface area contributed by atoms with Crippen molar-refractivity contribution in [2.75, 3.05) is 26.2 Å². The molecule has 2 saturated heterocycles. The summed E-state index contributed by atoms with van der Waals surface area (Å²) in [6.45, 7) is 11.1. The fourth-order valence-electron chi connectivity index (χ4n) is 9.67. The van der Waals surface area contributed by atoms with Gasteiger partial charge in [0.2, 0.25) is 10.0 Å². The second kappa shape index (κ2) is 18.7. The lowest BCUT2D eigenvalue weighted by atomic mass is 9.93. The fraction of sp³-hybridized carbons (Fsp3) is 0.273. The molecule has 68 heavy (non-hydrogen) atoms. The van der Waals surface area contributed by atoms with Crippen LogP contribution < -0.4 is 0 Å². The van der Waals surface area contributed by atoms with Crippen molar-refractivity contribution in [2.24, 2.45) is 0 Å². The summed E-state index contributed by atoms with van der Waals surface area (Å²) >= 11 is 0. The maximum Gasteiger partial charge on any atom is 0.257 e. The van der Waals surface area contributed by atoms with E-state index in [-0.39, 0.29) is 42.1 Å². The summed E-state index contributed by atoms with van der Waals surface area (Å²) in [5, 5.41) is 11.5. The van der Waals surface area contributed by atoms with Crippen LogP contribution in [0.4, 0.5) is 13.2 Å². The van der Waals surface area contributed by atoms with Gasteiger partial charge in [-0.15, -0.1) is 0 Å². The Balaban J connectivity index is 0.000000170. The molecule has 0 bridgehead atoms. The number of nitrogens with zero attached hydrogens (tertiary/aromatic N) is 5. The number of aromatic nitrogens is 2. The highest BCUT2D eigenvalue weighted by Crippen LogP contribution is 2.38. The van der Waals surface area contributed by atoms with Crippen LogP contribution in [-0.2, 0) is 28.5 Å². The number of likely N-dealkylation sites (tertiary alicyclic amines) is 1. The number of carbonyl (C=O) groups is 1. The van der Waals surface area contributed by atoms with E-state index in [2.05, 4.69) is 67.9 Å². The number of hydrogen-bond acceptors (Lipinski definition) is 5. The van der Waals surface area contributed by atoms with E-state index in [1.165, 1.54) is 26.8 Å². The summed E-state index contributed by atoms with van der Waals surface area (Å²) in [6, 6.07) is 37.2. The number of rotatable bonds is 9. The van der Waals surface area contributed by atoms with Gasteiger partial charge in [-0.1, -0.05) is 87.5 Å². The quantitative estimate of drug-likeness (QED) is 0.143. The van der Waals surface area contributed by atoms with Gasteiger partial charge in [-0.3, -0.25) is 4.79 Å². The zero-order chi connectivity index (χ0) is 47.9. The minimum Gasteiger partial charge on any atom is -0.465 e. The lowest BCUT2D eigenvalue weighted by Crippen LogP contribution is -2.29. The van der Waals surface area contributed by atoms with Gasteiger partial charge in [0.15, 0.2) is 0 Å².